The summed E-state index contributed by atoms with van der Waals surface area (Å²) in [6.45, 7) is 0.533. The van der Waals surface area contributed by atoms with Gasteiger partial charge >= 0.3 is 5.97 Å². The monoisotopic (exact) mass is 359 g/mol. The van der Waals surface area contributed by atoms with Gasteiger partial charge in [0.05, 0.1) is 12.0 Å². The number of carbonyl (C=O) groups is 2. The Morgan fingerprint density at radius 3 is 2.60 bits per heavy atom. The molecule has 0 aromatic carbocycles. The Labute approximate surface area is 130 Å². The van der Waals surface area contributed by atoms with Gasteiger partial charge in [0.2, 0.25) is 5.91 Å². The summed E-state index contributed by atoms with van der Waals surface area (Å²) in [6.07, 6.45) is 3.16. The molecule has 1 aliphatic carbocycles. The molecule has 2 rings (SSSR count). The Bertz CT molecular complexity index is 508. The molecule has 110 valence electrons. The first kappa shape index (κ1) is 15.5. The fourth-order valence-electron chi connectivity index (χ4n) is 2.70. The minimum Gasteiger partial charge on any atom is -0.481 e. The largest absolute Gasteiger partial charge is 0.481 e. The first-order valence-corrected chi connectivity index (χ1v) is 8.30. The minimum atomic E-state index is -0.832. The maximum absolute atomic E-state index is 12.3. The number of carboxylic acid groups (broad SMARTS) is 1. The second kappa shape index (κ2) is 6.26. The summed E-state index contributed by atoms with van der Waals surface area (Å²) < 4.78 is 1.01. The lowest BCUT2D eigenvalue weighted by Gasteiger charge is -2.26. The van der Waals surface area contributed by atoms with Crippen molar-refractivity contribution >= 4 is 39.1 Å². The zero-order valence-corrected chi connectivity index (χ0v) is 13.8. The van der Waals surface area contributed by atoms with Crippen LogP contribution in [0, 0.1) is 5.41 Å². The third-order valence-electron chi connectivity index (χ3n) is 3.94. The molecule has 1 aromatic rings. The van der Waals surface area contributed by atoms with E-state index >= 15 is 0 Å². The third-order valence-corrected chi connectivity index (χ3v) is 5.63. The summed E-state index contributed by atoms with van der Waals surface area (Å²) >= 11 is 4.97. The Hall–Kier alpha value is -0.880. The lowest BCUT2D eigenvalue weighted by atomic mass is 9.82. The first-order chi connectivity index (χ1) is 9.43. The molecule has 0 spiro atoms. The number of hydrogen-bond acceptors (Lipinski definition) is 3. The van der Waals surface area contributed by atoms with Crippen molar-refractivity contribution in [2.24, 2.45) is 5.41 Å². The highest BCUT2D eigenvalue weighted by molar-refractivity contribution is 9.10. The predicted octanol–water partition coefficient (Wildman–Crippen LogP) is 3.50. The Morgan fingerprint density at radius 1 is 1.45 bits per heavy atom. The molecule has 1 heterocycles. The number of hydrogen-bond donors (Lipinski definition) is 1. The predicted molar refractivity (Wildman–Crippen MR) is 81.6 cm³/mol. The van der Waals surface area contributed by atoms with Crippen LogP contribution in [0.1, 0.15) is 37.0 Å². The van der Waals surface area contributed by atoms with Gasteiger partial charge in [-0.3, -0.25) is 9.59 Å². The summed E-state index contributed by atoms with van der Waals surface area (Å²) in [5.74, 6) is -0.908. The van der Waals surface area contributed by atoms with Gasteiger partial charge < -0.3 is 10.0 Å². The molecule has 6 heteroatoms. The summed E-state index contributed by atoms with van der Waals surface area (Å²) in [5, 5.41) is 11.4. The summed E-state index contributed by atoms with van der Waals surface area (Å²) in [7, 11) is 1.74. The van der Waals surface area contributed by atoms with Gasteiger partial charge in [-0.25, -0.2) is 0 Å². The number of amides is 1. The Morgan fingerprint density at radius 2 is 2.10 bits per heavy atom. The standard InChI is InChI=1S/C14H18BrNO3S/c1-16(8-11-6-10(15)9-20-11)12(17)7-14(13(18)19)4-2-3-5-14/h6,9H,2-5,7-8H2,1H3,(H,18,19). The number of thiophene rings is 1. The van der Waals surface area contributed by atoms with Crippen LogP contribution in [0.25, 0.3) is 0 Å². The summed E-state index contributed by atoms with van der Waals surface area (Å²) in [5.41, 5.74) is -0.832. The second-order valence-corrected chi connectivity index (χ2v) is 7.36. The first-order valence-electron chi connectivity index (χ1n) is 6.63. The van der Waals surface area contributed by atoms with Crippen molar-refractivity contribution in [3.05, 3.63) is 20.8 Å². The molecule has 1 aromatic heterocycles. The molecular weight excluding hydrogens is 342 g/mol. The molecule has 0 aliphatic heterocycles. The Balaban J connectivity index is 1.98. The van der Waals surface area contributed by atoms with Gasteiger partial charge in [-0.2, -0.15) is 0 Å². The summed E-state index contributed by atoms with van der Waals surface area (Å²) in [4.78, 5) is 26.5. The van der Waals surface area contributed by atoms with Crippen molar-refractivity contribution in [2.45, 2.75) is 38.6 Å². The van der Waals surface area contributed by atoms with E-state index in [-0.39, 0.29) is 12.3 Å². The van der Waals surface area contributed by atoms with Gasteiger partial charge in [-0.05, 0) is 34.8 Å². The van der Waals surface area contributed by atoms with Crippen LogP contribution in [0.3, 0.4) is 0 Å². The van der Waals surface area contributed by atoms with E-state index in [9.17, 15) is 14.7 Å². The van der Waals surface area contributed by atoms with E-state index in [1.807, 2.05) is 11.4 Å². The second-order valence-electron chi connectivity index (χ2n) is 5.45. The van der Waals surface area contributed by atoms with Crippen LogP contribution in [0.5, 0.6) is 0 Å². The van der Waals surface area contributed by atoms with Crippen molar-refractivity contribution in [2.75, 3.05) is 7.05 Å². The van der Waals surface area contributed by atoms with Crippen LogP contribution in [-0.4, -0.2) is 28.9 Å². The van der Waals surface area contributed by atoms with Gasteiger partial charge in [-0.1, -0.05) is 12.8 Å². The van der Waals surface area contributed by atoms with Crippen LogP contribution in [0.2, 0.25) is 0 Å². The molecular formula is C14H18BrNO3S. The molecule has 0 atom stereocenters. The van der Waals surface area contributed by atoms with E-state index in [0.717, 1.165) is 22.2 Å². The number of aliphatic carboxylic acids is 1. The molecule has 1 saturated carbocycles. The van der Waals surface area contributed by atoms with Gasteiger partial charge in [0.15, 0.2) is 0 Å². The zero-order valence-electron chi connectivity index (χ0n) is 11.4. The smallest absolute Gasteiger partial charge is 0.310 e. The molecule has 0 unspecified atom stereocenters. The van der Waals surface area contributed by atoms with Gasteiger partial charge in [0, 0.05) is 28.2 Å². The quantitative estimate of drug-likeness (QED) is 0.874. The highest BCUT2D eigenvalue weighted by Gasteiger charge is 2.43. The zero-order chi connectivity index (χ0) is 14.8. The molecule has 1 fully saturated rings. The SMILES string of the molecule is CN(Cc1cc(Br)cs1)C(=O)CC1(C(=O)O)CCCC1. The molecule has 1 N–H and O–H groups in total. The van der Waals surface area contributed by atoms with E-state index in [0.29, 0.717) is 19.4 Å². The van der Waals surface area contributed by atoms with E-state index in [1.54, 1.807) is 23.3 Å². The minimum absolute atomic E-state index is 0.0844. The molecule has 0 bridgehead atoms. The fourth-order valence-corrected chi connectivity index (χ4v) is 4.20. The van der Waals surface area contributed by atoms with Gasteiger partial charge in [0.25, 0.3) is 0 Å². The van der Waals surface area contributed by atoms with Crippen LogP contribution in [0.15, 0.2) is 15.9 Å². The van der Waals surface area contributed by atoms with Crippen LogP contribution < -0.4 is 0 Å². The number of rotatable bonds is 5. The lowest BCUT2D eigenvalue weighted by Crippen LogP contribution is -2.36. The molecule has 1 amide bonds. The maximum Gasteiger partial charge on any atom is 0.310 e. The number of nitrogens with zero attached hydrogens (tertiary/aromatic N) is 1. The average Bonchev–Trinajstić information content (AvgIpc) is 2.99. The van der Waals surface area contributed by atoms with Crippen LogP contribution >= 0.6 is 27.3 Å². The lowest BCUT2D eigenvalue weighted by molar-refractivity contribution is -0.153. The van der Waals surface area contributed by atoms with Crippen molar-refractivity contribution in [1.29, 1.82) is 0 Å². The molecule has 4 nitrogen and oxygen atoms in total. The molecule has 0 radical (unpaired) electrons. The van der Waals surface area contributed by atoms with Crippen molar-refractivity contribution in [3.63, 3.8) is 0 Å². The fraction of sp³-hybridized carbons (Fsp3) is 0.571. The third kappa shape index (κ3) is 3.41. The topological polar surface area (TPSA) is 57.6 Å². The van der Waals surface area contributed by atoms with Crippen LogP contribution in [0.4, 0.5) is 0 Å². The number of halogens is 1. The van der Waals surface area contributed by atoms with Gasteiger partial charge in [-0.15, -0.1) is 11.3 Å². The van der Waals surface area contributed by atoms with E-state index < -0.39 is 11.4 Å². The number of carbonyl (C=O) groups excluding carboxylic acids is 1. The van der Waals surface area contributed by atoms with Crippen molar-refractivity contribution in [1.82, 2.24) is 4.90 Å². The maximum atomic E-state index is 12.3. The highest BCUT2D eigenvalue weighted by Crippen LogP contribution is 2.41. The normalized spacial score (nSPS) is 17.1. The van der Waals surface area contributed by atoms with Crippen molar-refractivity contribution in [3.8, 4) is 0 Å². The molecule has 20 heavy (non-hydrogen) atoms. The molecule has 0 saturated heterocycles. The van der Waals surface area contributed by atoms with E-state index in [4.69, 9.17) is 0 Å². The van der Waals surface area contributed by atoms with Crippen molar-refractivity contribution < 1.29 is 14.7 Å². The van der Waals surface area contributed by atoms with E-state index in [1.165, 1.54) is 0 Å². The average molecular weight is 360 g/mol. The van der Waals surface area contributed by atoms with E-state index in [2.05, 4.69) is 15.9 Å². The van der Waals surface area contributed by atoms with Crippen LogP contribution in [-0.2, 0) is 16.1 Å². The summed E-state index contributed by atoms with van der Waals surface area (Å²) in [6, 6.07) is 1.98. The highest BCUT2D eigenvalue weighted by atomic mass is 79.9. The molecule has 1 aliphatic rings. The number of carboxylic acids is 1. The Kier molecular flexibility index (Phi) is 4.86. The van der Waals surface area contributed by atoms with Gasteiger partial charge in [0.1, 0.15) is 0 Å².